The average molecular weight is 375 g/mol. The quantitative estimate of drug-likeness (QED) is 0.698. The molecule has 1 saturated heterocycles. The van der Waals surface area contributed by atoms with Gasteiger partial charge in [0.2, 0.25) is 0 Å². The number of para-hydroxylation sites is 1. The molecular formula is C23H25N3O2. The summed E-state index contributed by atoms with van der Waals surface area (Å²) in [5.41, 5.74) is 3.30. The van der Waals surface area contributed by atoms with Crippen molar-refractivity contribution in [2.24, 2.45) is 0 Å². The van der Waals surface area contributed by atoms with Crippen molar-refractivity contribution < 1.29 is 9.53 Å². The van der Waals surface area contributed by atoms with Crippen molar-refractivity contribution in [2.45, 2.75) is 12.5 Å². The van der Waals surface area contributed by atoms with Gasteiger partial charge in [0.25, 0.3) is 5.91 Å². The first-order chi connectivity index (χ1) is 13.6. The minimum Gasteiger partial charge on any atom is -0.494 e. The van der Waals surface area contributed by atoms with Crippen LogP contribution in [0.3, 0.4) is 0 Å². The maximum atomic E-state index is 13.0. The van der Waals surface area contributed by atoms with Crippen LogP contribution in [0.25, 0.3) is 22.2 Å². The van der Waals surface area contributed by atoms with E-state index in [1.807, 2.05) is 59.5 Å². The highest BCUT2D eigenvalue weighted by atomic mass is 16.5. The maximum Gasteiger partial charge on any atom is 0.253 e. The third-order valence-corrected chi connectivity index (χ3v) is 5.49. The molecule has 1 aliphatic heterocycles. The van der Waals surface area contributed by atoms with E-state index in [4.69, 9.17) is 9.72 Å². The van der Waals surface area contributed by atoms with Crippen LogP contribution in [0.2, 0.25) is 0 Å². The minimum absolute atomic E-state index is 0.0876. The van der Waals surface area contributed by atoms with Gasteiger partial charge in [0, 0.05) is 35.6 Å². The summed E-state index contributed by atoms with van der Waals surface area (Å²) < 4.78 is 5.45. The number of amides is 1. The number of methoxy groups -OCH3 is 1. The first kappa shape index (κ1) is 18.4. The fourth-order valence-electron chi connectivity index (χ4n) is 3.79. The fourth-order valence-corrected chi connectivity index (χ4v) is 3.79. The molecule has 1 amide bonds. The summed E-state index contributed by atoms with van der Waals surface area (Å²) in [5, 5.41) is 1.03. The molecule has 144 valence electrons. The lowest BCUT2D eigenvalue weighted by Crippen LogP contribution is -2.34. The van der Waals surface area contributed by atoms with Crippen LogP contribution in [-0.4, -0.2) is 61.0 Å². The van der Waals surface area contributed by atoms with Crippen molar-refractivity contribution >= 4 is 16.8 Å². The number of fused-ring (bicyclic) bond motifs is 1. The lowest BCUT2D eigenvalue weighted by atomic mass is 10.1. The maximum absolute atomic E-state index is 13.0. The number of carbonyl (C=O) groups is 1. The Bertz CT molecular complexity index is 1020. The number of nitrogens with zero attached hydrogens (tertiary/aromatic N) is 3. The molecule has 2 heterocycles. The Balaban J connectivity index is 1.64. The van der Waals surface area contributed by atoms with Crippen molar-refractivity contribution in [1.82, 2.24) is 14.8 Å². The van der Waals surface area contributed by atoms with Gasteiger partial charge in [0.1, 0.15) is 11.3 Å². The second kappa shape index (κ2) is 7.60. The van der Waals surface area contributed by atoms with Crippen LogP contribution < -0.4 is 4.74 Å². The zero-order valence-electron chi connectivity index (χ0n) is 16.6. The van der Waals surface area contributed by atoms with E-state index in [0.29, 0.717) is 11.6 Å². The largest absolute Gasteiger partial charge is 0.494 e. The predicted octanol–water partition coefficient (Wildman–Crippen LogP) is 3.69. The lowest BCUT2D eigenvalue weighted by molar-refractivity contribution is 0.0783. The molecule has 1 atom stereocenters. The molecule has 0 aliphatic carbocycles. The number of rotatable bonds is 4. The van der Waals surface area contributed by atoms with Gasteiger partial charge in [-0.2, -0.15) is 0 Å². The zero-order valence-corrected chi connectivity index (χ0v) is 16.6. The summed E-state index contributed by atoms with van der Waals surface area (Å²) in [6.45, 7) is 1.58. The van der Waals surface area contributed by atoms with Gasteiger partial charge in [-0.3, -0.25) is 4.79 Å². The van der Waals surface area contributed by atoms with E-state index < -0.39 is 0 Å². The number of aromatic nitrogens is 1. The summed E-state index contributed by atoms with van der Waals surface area (Å²) >= 11 is 0. The molecule has 0 bridgehead atoms. The van der Waals surface area contributed by atoms with E-state index in [1.54, 1.807) is 7.11 Å². The fraction of sp³-hybridized carbons (Fsp3) is 0.304. The third-order valence-electron chi connectivity index (χ3n) is 5.49. The number of hydrogen-bond donors (Lipinski definition) is 0. The van der Waals surface area contributed by atoms with Crippen molar-refractivity contribution in [1.29, 1.82) is 0 Å². The van der Waals surface area contributed by atoms with Gasteiger partial charge in [-0.1, -0.05) is 30.3 Å². The number of likely N-dealkylation sites (N-methyl/N-ethyl adjacent to an activating group) is 1. The van der Waals surface area contributed by atoms with Crippen molar-refractivity contribution in [2.75, 3.05) is 34.3 Å². The molecule has 3 aromatic rings. The summed E-state index contributed by atoms with van der Waals surface area (Å²) in [6, 6.07) is 18.1. The van der Waals surface area contributed by atoms with E-state index in [0.717, 1.165) is 47.4 Å². The average Bonchev–Trinajstić information content (AvgIpc) is 3.23. The van der Waals surface area contributed by atoms with Crippen LogP contribution in [0.1, 0.15) is 16.8 Å². The van der Waals surface area contributed by atoms with Crippen LogP contribution in [0.15, 0.2) is 54.6 Å². The molecule has 0 unspecified atom stereocenters. The summed E-state index contributed by atoms with van der Waals surface area (Å²) in [6.07, 6.45) is 1.02. The topological polar surface area (TPSA) is 45.7 Å². The minimum atomic E-state index is 0.0876. The Morgan fingerprint density at radius 1 is 1.14 bits per heavy atom. The molecule has 1 fully saturated rings. The van der Waals surface area contributed by atoms with Crippen molar-refractivity contribution in [3.05, 3.63) is 60.2 Å². The van der Waals surface area contributed by atoms with Crippen molar-refractivity contribution in [3.8, 4) is 17.0 Å². The number of likely N-dealkylation sites (tertiary alicyclic amines) is 1. The second-order valence-corrected chi connectivity index (χ2v) is 7.47. The number of benzene rings is 2. The highest BCUT2D eigenvalue weighted by molar-refractivity contribution is 5.96. The smallest absolute Gasteiger partial charge is 0.253 e. The molecule has 4 rings (SSSR count). The Hall–Kier alpha value is -2.92. The summed E-state index contributed by atoms with van der Waals surface area (Å²) in [4.78, 5) is 21.9. The Kier molecular flexibility index (Phi) is 5.01. The lowest BCUT2D eigenvalue weighted by Gasteiger charge is -2.20. The Morgan fingerprint density at radius 2 is 1.96 bits per heavy atom. The van der Waals surface area contributed by atoms with Gasteiger partial charge in [0.05, 0.1) is 12.8 Å². The van der Waals surface area contributed by atoms with Crippen LogP contribution in [0, 0.1) is 0 Å². The number of pyridine rings is 1. The number of carbonyl (C=O) groups excluding carboxylic acids is 1. The van der Waals surface area contributed by atoms with Gasteiger partial charge < -0.3 is 14.5 Å². The molecule has 28 heavy (non-hydrogen) atoms. The SMILES string of the molecule is COc1cccc2ccc(-c3cccc(C(=O)N4CC[C@H](N(C)C)C4)c3)nc12. The van der Waals surface area contributed by atoms with Crippen molar-refractivity contribution in [3.63, 3.8) is 0 Å². The van der Waals surface area contributed by atoms with Gasteiger partial charge >= 0.3 is 0 Å². The molecule has 0 spiro atoms. The number of hydrogen-bond acceptors (Lipinski definition) is 4. The van der Waals surface area contributed by atoms with Gasteiger partial charge in [-0.25, -0.2) is 4.98 Å². The molecule has 0 N–H and O–H groups in total. The first-order valence-corrected chi connectivity index (χ1v) is 9.56. The molecule has 5 nitrogen and oxygen atoms in total. The molecule has 0 radical (unpaired) electrons. The van der Waals surface area contributed by atoms with Crippen LogP contribution in [-0.2, 0) is 0 Å². The van der Waals surface area contributed by atoms with Crippen LogP contribution >= 0.6 is 0 Å². The highest BCUT2D eigenvalue weighted by Crippen LogP contribution is 2.28. The summed E-state index contributed by atoms with van der Waals surface area (Å²) in [5.74, 6) is 0.836. The molecule has 1 aromatic heterocycles. The molecule has 0 saturated carbocycles. The Morgan fingerprint density at radius 3 is 2.71 bits per heavy atom. The summed E-state index contributed by atoms with van der Waals surface area (Å²) in [7, 11) is 5.79. The van der Waals surface area contributed by atoms with E-state index in [2.05, 4.69) is 19.0 Å². The van der Waals surface area contributed by atoms with Crippen LogP contribution in [0.4, 0.5) is 0 Å². The molecular weight excluding hydrogens is 350 g/mol. The van der Waals surface area contributed by atoms with E-state index in [-0.39, 0.29) is 5.91 Å². The Labute approximate surface area is 165 Å². The van der Waals surface area contributed by atoms with E-state index in [1.165, 1.54) is 0 Å². The first-order valence-electron chi connectivity index (χ1n) is 9.56. The molecule has 2 aromatic carbocycles. The van der Waals surface area contributed by atoms with Gasteiger partial charge in [-0.15, -0.1) is 0 Å². The second-order valence-electron chi connectivity index (χ2n) is 7.47. The number of ether oxygens (including phenoxy) is 1. The monoisotopic (exact) mass is 375 g/mol. The highest BCUT2D eigenvalue weighted by Gasteiger charge is 2.28. The standard InChI is InChI=1S/C23H25N3O2/c1-25(2)19-12-13-26(15-19)23(27)18-8-4-7-17(14-18)20-11-10-16-6-5-9-21(28-3)22(16)24-20/h4-11,14,19H,12-13,15H2,1-3H3/t19-/m0/s1. The predicted molar refractivity (Wildman–Crippen MR) is 112 cm³/mol. The molecule has 1 aliphatic rings. The zero-order chi connectivity index (χ0) is 19.7. The third kappa shape index (κ3) is 3.45. The van der Waals surface area contributed by atoms with Gasteiger partial charge in [-0.05, 0) is 44.8 Å². The van der Waals surface area contributed by atoms with Gasteiger partial charge in [0.15, 0.2) is 0 Å². The van der Waals surface area contributed by atoms with Crippen LogP contribution in [0.5, 0.6) is 5.75 Å². The van der Waals surface area contributed by atoms with E-state index in [9.17, 15) is 4.79 Å². The van der Waals surface area contributed by atoms with E-state index >= 15 is 0 Å². The molecule has 5 heteroatoms. The normalized spacial score (nSPS) is 16.7.